The molecule has 3 heterocycles. The molecule has 0 unspecified atom stereocenters. The Kier molecular flexibility index (Phi) is 6.66. The summed E-state index contributed by atoms with van der Waals surface area (Å²) in [5, 5.41) is 6.22. The number of rotatable bonds is 7. The Morgan fingerprint density at radius 1 is 1.25 bits per heavy atom. The van der Waals surface area contributed by atoms with Crippen LogP contribution in [-0.2, 0) is 4.79 Å². The number of likely N-dealkylation sites (tertiary alicyclic amines) is 1. The van der Waals surface area contributed by atoms with Crippen LogP contribution in [0.5, 0.6) is 5.75 Å². The number of hydrogen-bond acceptors (Lipinski definition) is 6. The number of nitrogens with one attached hydrogen (secondary N) is 1. The van der Waals surface area contributed by atoms with Gasteiger partial charge in [-0.1, -0.05) is 5.16 Å². The third kappa shape index (κ3) is 5.41. The van der Waals surface area contributed by atoms with Crippen LogP contribution in [0, 0.1) is 5.92 Å². The molecule has 0 radical (unpaired) electrons. The van der Waals surface area contributed by atoms with Gasteiger partial charge in [0.1, 0.15) is 12.9 Å². The van der Waals surface area contributed by atoms with E-state index in [1.165, 1.54) is 18.5 Å². The Morgan fingerprint density at radius 2 is 2.06 bits per heavy atom. The molecule has 2 fully saturated rings. The summed E-state index contributed by atoms with van der Waals surface area (Å²) in [6.07, 6.45) is 5.25. The maximum atomic E-state index is 13.4. The Labute approximate surface area is 184 Å². The molecule has 1 N–H and O–H groups in total. The minimum atomic E-state index is -2.59. The van der Waals surface area contributed by atoms with Gasteiger partial charge in [0.25, 0.3) is 5.91 Å². The Morgan fingerprint density at radius 3 is 2.81 bits per heavy atom. The standard InChI is InChI=1S/C22H26F2N4O4/c23-22(24)8-5-15(6-9-22)13-19(29)28-11-2-3-16(28)14-31-17-4-1-10-25-20(17)21(30)26-18-7-12-32-27-18/h1,4,7,10,12,15-16H,2-3,5-6,8-9,11,13-14H2,(H,26,27,30)/t16-/m1/s1. The second-order valence-electron chi connectivity index (χ2n) is 8.39. The van der Waals surface area contributed by atoms with Gasteiger partial charge in [0.2, 0.25) is 11.8 Å². The van der Waals surface area contributed by atoms with Crippen molar-refractivity contribution in [3.05, 3.63) is 36.4 Å². The highest BCUT2D eigenvalue weighted by molar-refractivity contribution is 6.04. The molecule has 1 atom stereocenters. The van der Waals surface area contributed by atoms with Gasteiger partial charge in [0, 0.05) is 38.1 Å². The van der Waals surface area contributed by atoms with Crippen LogP contribution in [0.25, 0.3) is 0 Å². The number of anilines is 1. The average molecular weight is 448 g/mol. The number of aromatic nitrogens is 2. The molecule has 1 aliphatic heterocycles. The maximum absolute atomic E-state index is 13.4. The van der Waals surface area contributed by atoms with E-state index in [4.69, 9.17) is 9.26 Å². The van der Waals surface area contributed by atoms with Crippen molar-refractivity contribution in [2.75, 3.05) is 18.5 Å². The van der Waals surface area contributed by atoms with E-state index in [1.807, 2.05) is 0 Å². The van der Waals surface area contributed by atoms with Crippen molar-refractivity contribution in [3.8, 4) is 5.75 Å². The predicted molar refractivity (Wildman–Crippen MR) is 110 cm³/mol. The van der Waals surface area contributed by atoms with Crippen LogP contribution in [0.1, 0.15) is 55.4 Å². The third-order valence-electron chi connectivity index (χ3n) is 6.09. The molecule has 2 aromatic rings. The summed E-state index contributed by atoms with van der Waals surface area (Å²) in [6, 6.07) is 4.70. The van der Waals surface area contributed by atoms with Crippen molar-refractivity contribution in [2.24, 2.45) is 5.92 Å². The molecular weight excluding hydrogens is 422 g/mol. The monoisotopic (exact) mass is 448 g/mol. The number of ether oxygens (including phenoxy) is 1. The van der Waals surface area contributed by atoms with Gasteiger partial charge in [-0.25, -0.2) is 13.8 Å². The summed E-state index contributed by atoms with van der Waals surface area (Å²) >= 11 is 0. The quantitative estimate of drug-likeness (QED) is 0.690. The minimum absolute atomic E-state index is 0.00875. The molecule has 172 valence electrons. The second-order valence-corrected chi connectivity index (χ2v) is 8.39. The third-order valence-corrected chi connectivity index (χ3v) is 6.09. The summed E-state index contributed by atoms with van der Waals surface area (Å²) in [5.41, 5.74) is 0.106. The normalized spacial score (nSPS) is 20.8. The number of halogens is 2. The molecule has 32 heavy (non-hydrogen) atoms. The lowest BCUT2D eigenvalue weighted by molar-refractivity contribution is -0.134. The van der Waals surface area contributed by atoms with Crippen molar-refractivity contribution < 1.29 is 27.6 Å². The Bertz CT molecular complexity index is 928. The summed E-state index contributed by atoms with van der Waals surface area (Å²) in [6.45, 7) is 0.854. The van der Waals surface area contributed by atoms with Gasteiger partial charge in [-0.15, -0.1) is 0 Å². The fraction of sp³-hybridized carbons (Fsp3) is 0.545. The molecule has 2 aromatic heterocycles. The van der Waals surface area contributed by atoms with E-state index in [0.29, 0.717) is 31.6 Å². The molecule has 4 rings (SSSR count). The van der Waals surface area contributed by atoms with E-state index in [-0.39, 0.29) is 48.8 Å². The summed E-state index contributed by atoms with van der Waals surface area (Å²) in [4.78, 5) is 31.3. The van der Waals surface area contributed by atoms with Crippen molar-refractivity contribution >= 4 is 17.6 Å². The number of carbonyl (C=O) groups excluding carboxylic acids is 2. The molecule has 1 saturated heterocycles. The molecule has 0 bridgehead atoms. The minimum Gasteiger partial charge on any atom is -0.489 e. The predicted octanol–water partition coefficient (Wildman–Crippen LogP) is 3.91. The smallest absolute Gasteiger partial charge is 0.279 e. The molecular formula is C22H26F2N4O4. The lowest BCUT2D eigenvalue weighted by Gasteiger charge is -2.30. The fourth-order valence-electron chi connectivity index (χ4n) is 4.32. The first-order valence-corrected chi connectivity index (χ1v) is 10.9. The zero-order chi connectivity index (χ0) is 22.6. The number of alkyl halides is 2. The largest absolute Gasteiger partial charge is 0.489 e. The van der Waals surface area contributed by atoms with E-state index in [1.54, 1.807) is 17.0 Å². The molecule has 0 aromatic carbocycles. The highest BCUT2D eigenvalue weighted by Crippen LogP contribution is 2.38. The first kappa shape index (κ1) is 22.2. The first-order chi connectivity index (χ1) is 15.4. The SMILES string of the molecule is O=C(Nc1ccon1)c1ncccc1OC[C@H]1CCCN1C(=O)CC1CCC(F)(F)CC1. The second kappa shape index (κ2) is 9.62. The van der Waals surface area contributed by atoms with E-state index < -0.39 is 11.8 Å². The van der Waals surface area contributed by atoms with Gasteiger partial charge in [0.15, 0.2) is 17.3 Å². The van der Waals surface area contributed by atoms with Crippen LogP contribution in [0.4, 0.5) is 14.6 Å². The lowest BCUT2D eigenvalue weighted by Crippen LogP contribution is -2.40. The maximum Gasteiger partial charge on any atom is 0.279 e. The van der Waals surface area contributed by atoms with E-state index >= 15 is 0 Å². The van der Waals surface area contributed by atoms with Gasteiger partial charge < -0.3 is 19.5 Å². The van der Waals surface area contributed by atoms with Crippen LogP contribution >= 0.6 is 0 Å². The first-order valence-electron chi connectivity index (χ1n) is 10.9. The van der Waals surface area contributed by atoms with Gasteiger partial charge in [0.05, 0.1) is 6.04 Å². The summed E-state index contributed by atoms with van der Waals surface area (Å²) in [7, 11) is 0. The molecule has 0 spiro atoms. The number of pyridine rings is 1. The van der Waals surface area contributed by atoms with Crippen LogP contribution in [0.15, 0.2) is 35.2 Å². The lowest BCUT2D eigenvalue weighted by atomic mass is 9.84. The Hall–Kier alpha value is -3.04. The van der Waals surface area contributed by atoms with Crippen LogP contribution in [0.3, 0.4) is 0 Å². The van der Waals surface area contributed by atoms with Crippen LogP contribution < -0.4 is 10.1 Å². The molecule has 2 amide bonds. The number of amides is 2. The highest BCUT2D eigenvalue weighted by Gasteiger charge is 2.37. The van der Waals surface area contributed by atoms with Gasteiger partial charge in [-0.3, -0.25) is 9.59 Å². The molecule has 10 heteroatoms. The van der Waals surface area contributed by atoms with E-state index in [2.05, 4.69) is 15.5 Å². The number of nitrogens with zero attached hydrogens (tertiary/aromatic N) is 3. The van der Waals surface area contributed by atoms with Crippen molar-refractivity contribution in [1.82, 2.24) is 15.0 Å². The van der Waals surface area contributed by atoms with Gasteiger partial charge in [-0.2, -0.15) is 0 Å². The van der Waals surface area contributed by atoms with E-state index in [0.717, 1.165) is 12.8 Å². The topological polar surface area (TPSA) is 97.6 Å². The van der Waals surface area contributed by atoms with Crippen molar-refractivity contribution in [2.45, 2.75) is 56.9 Å². The van der Waals surface area contributed by atoms with Gasteiger partial charge in [-0.05, 0) is 43.7 Å². The molecule has 2 aliphatic rings. The zero-order valence-electron chi connectivity index (χ0n) is 17.6. The zero-order valence-corrected chi connectivity index (χ0v) is 17.6. The summed E-state index contributed by atoms with van der Waals surface area (Å²) in [5.74, 6) is -2.51. The molecule has 8 nitrogen and oxygen atoms in total. The van der Waals surface area contributed by atoms with Gasteiger partial charge >= 0.3 is 0 Å². The van der Waals surface area contributed by atoms with Crippen LogP contribution in [0.2, 0.25) is 0 Å². The Balaban J connectivity index is 1.33. The highest BCUT2D eigenvalue weighted by atomic mass is 19.3. The molecule has 1 aliphatic carbocycles. The number of hydrogen-bond donors (Lipinski definition) is 1. The van der Waals surface area contributed by atoms with E-state index in [9.17, 15) is 18.4 Å². The fourth-order valence-corrected chi connectivity index (χ4v) is 4.32. The molecule has 1 saturated carbocycles. The summed E-state index contributed by atoms with van der Waals surface area (Å²) < 4.78 is 37.4. The van der Waals surface area contributed by atoms with Crippen molar-refractivity contribution in [3.63, 3.8) is 0 Å². The van der Waals surface area contributed by atoms with Crippen molar-refractivity contribution in [1.29, 1.82) is 0 Å². The number of carbonyl (C=O) groups is 2. The van der Waals surface area contributed by atoms with Crippen LogP contribution in [-0.4, -0.2) is 52.0 Å². The average Bonchev–Trinajstić information content (AvgIpc) is 3.46.